The Kier molecular flexibility index (Phi) is 5.52. The fourth-order valence-electron chi connectivity index (χ4n) is 2.67. The van der Waals surface area contributed by atoms with Crippen LogP contribution in [0.5, 0.6) is 5.75 Å². The summed E-state index contributed by atoms with van der Waals surface area (Å²) in [5, 5.41) is 2.62. The molecule has 1 aliphatic heterocycles. The zero-order valence-corrected chi connectivity index (χ0v) is 17.3. The van der Waals surface area contributed by atoms with Crippen LogP contribution in [0.25, 0.3) is 6.08 Å². The van der Waals surface area contributed by atoms with Gasteiger partial charge in [-0.25, -0.2) is 9.69 Å². The topological polar surface area (TPSA) is 75.7 Å². The standard InChI is InChI=1S/C19H14ClIN2O4/c1-10-15(20)4-3-5-16(10)23-18(25)14(17(24)22-19(23)26)8-11-6-12(21)9-13(7-11)27-2/h3-9H,1-2H3,(H,22,24,26)/b14-8+. The highest BCUT2D eigenvalue weighted by molar-refractivity contribution is 14.1. The molecule has 2 aromatic carbocycles. The van der Waals surface area contributed by atoms with Crippen LogP contribution >= 0.6 is 34.2 Å². The average Bonchev–Trinajstić information content (AvgIpc) is 2.61. The Morgan fingerprint density at radius 1 is 1.19 bits per heavy atom. The Bertz CT molecular complexity index is 1000. The lowest BCUT2D eigenvalue weighted by Gasteiger charge is -2.27. The molecule has 0 unspecified atom stereocenters. The molecule has 2 aromatic rings. The van der Waals surface area contributed by atoms with E-state index in [0.717, 1.165) is 8.47 Å². The van der Waals surface area contributed by atoms with Crippen molar-refractivity contribution in [1.29, 1.82) is 0 Å². The summed E-state index contributed by atoms with van der Waals surface area (Å²) in [6, 6.07) is 9.38. The predicted molar refractivity (Wildman–Crippen MR) is 111 cm³/mol. The van der Waals surface area contributed by atoms with Gasteiger partial charge in [-0.15, -0.1) is 0 Å². The van der Waals surface area contributed by atoms with Crippen LogP contribution in [0.3, 0.4) is 0 Å². The Hall–Kier alpha value is -2.39. The molecule has 1 fully saturated rings. The molecule has 0 atom stereocenters. The lowest BCUT2D eigenvalue weighted by Crippen LogP contribution is -2.54. The second-order valence-electron chi connectivity index (χ2n) is 5.77. The van der Waals surface area contributed by atoms with Crippen molar-refractivity contribution < 1.29 is 19.1 Å². The fraction of sp³-hybridized carbons (Fsp3) is 0.105. The number of methoxy groups -OCH3 is 1. The number of carbonyl (C=O) groups excluding carboxylic acids is 3. The number of nitrogens with one attached hydrogen (secondary N) is 1. The summed E-state index contributed by atoms with van der Waals surface area (Å²) in [5.41, 5.74) is 1.34. The van der Waals surface area contributed by atoms with Gasteiger partial charge in [0.25, 0.3) is 11.8 Å². The van der Waals surface area contributed by atoms with E-state index in [0.29, 0.717) is 27.6 Å². The number of urea groups is 1. The van der Waals surface area contributed by atoms with Crippen LogP contribution in [-0.4, -0.2) is 25.0 Å². The van der Waals surface area contributed by atoms with E-state index in [2.05, 4.69) is 27.9 Å². The fourth-order valence-corrected chi connectivity index (χ4v) is 3.50. The summed E-state index contributed by atoms with van der Waals surface area (Å²) in [6.45, 7) is 1.70. The number of hydrogen-bond acceptors (Lipinski definition) is 4. The maximum Gasteiger partial charge on any atom is 0.335 e. The van der Waals surface area contributed by atoms with Crippen molar-refractivity contribution in [1.82, 2.24) is 5.32 Å². The van der Waals surface area contributed by atoms with Crippen molar-refractivity contribution in [2.75, 3.05) is 12.0 Å². The van der Waals surface area contributed by atoms with Gasteiger partial charge in [0.15, 0.2) is 0 Å². The van der Waals surface area contributed by atoms with Crippen LogP contribution < -0.4 is 15.0 Å². The number of hydrogen-bond donors (Lipinski definition) is 1. The molecule has 8 heteroatoms. The number of anilines is 1. The SMILES string of the molecule is COc1cc(I)cc(/C=C2\C(=O)NC(=O)N(c3cccc(Cl)c3C)C2=O)c1. The third-order valence-corrected chi connectivity index (χ3v) is 5.05. The molecule has 0 spiro atoms. The molecular formula is C19H14ClIN2O4. The average molecular weight is 497 g/mol. The zero-order chi connectivity index (χ0) is 19.7. The van der Waals surface area contributed by atoms with Crippen molar-refractivity contribution in [2.24, 2.45) is 0 Å². The van der Waals surface area contributed by atoms with Crippen LogP contribution in [0.2, 0.25) is 5.02 Å². The lowest BCUT2D eigenvalue weighted by molar-refractivity contribution is -0.122. The number of carbonyl (C=O) groups is 3. The molecule has 0 aromatic heterocycles. The van der Waals surface area contributed by atoms with E-state index in [1.165, 1.54) is 13.2 Å². The molecule has 27 heavy (non-hydrogen) atoms. The molecule has 3 rings (SSSR count). The third-order valence-electron chi connectivity index (χ3n) is 4.02. The second-order valence-corrected chi connectivity index (χ2v) is 7.42. The minimum Gasteiger partial charge on any atom is -0.497 e. The maximum atomic E-state index is 13.0. The summed E-state index contributed by atoms with van der Waals surface area (Å²) in [6.07, 6.45) is 1.43. The van der Waals surface area contributed by atoms with Crippen LogP contribution in [-0.2, 0) is 9.59 Å². The second kappa shape index (κ2) is 7.69. The van der Waals surface area contributed by atoms with E-state index in [-0.39, 0.29) is 5.57 Å². The van der Waals surface area contributed by atoms with Gasteiger partial charge in [-0.2, -0.15) is 0 Å². The van der Waals surface area contributed by atoms with Gasteiger partial charge < -0.3 is 4.74 Å². The quantitative estimate of drug-likeness (QED) is 0.397. The van der Waals surface area contributed by atoms with Crippen molar-refractivity contribution in [3.05, 3.63) is 61.7 Å². The first-order valence-electron chi connectivity index (χ1n) is 7.83. The number of halogens is 2. The molecule has 0 bridgehead atoms. The number of ether oxygens (including phenoxy) is 1. The molecule has 1 saturated heterocycles. The van der Waals surface area contributed by atoms with E-state index < -0.39 is 17.8 Å². The molecule has 0 aliphatic carbocycles. The first-order valence-corrected chi connectivity index (χ1v) is 9.28. The number of nitrogens with zero attached hydrogens (tertiary/aromatic N) is 1. The number of benzene rings is 2. The highest BCUT2D eigenvalue weighted by Crippen LogP contribution is 2.30. The van der Waals surface area contributed by atoms with Crippen molar-refractivity contribution >= 4 is 63.8 Å². The van der Waals surface area contributed by atoms with Crippen molar-refractivity contribution in [2.45, 2.75) is 6.92 Å². The summed E-state index contributed by atoms with van der Waals surface area (Å²) in [5.74, 6) is -0.873. The number of rotatable bonds is 3. The minimum atomic E-state index is -0.812. The van der Waals surface area contributed by atoms with Gasteiger partial charge in [-0.3, -0.25) is 14.9 Å². The molecule has 1 aliphatic rings. The van der Waals surface area contributed by atoms with Crippen LogP contribution in [0.1, 0.15) is 11.1 Å². The normalized spacial score (nSPS) is 15.9. The number of imide groups is 2. The highest BCUT2D eigenvalue weighted by Gasteiger charge is 2.37. The Balaban J connectivity index is 2.08. The first kappa shape index (κ1) is 19.4. The summed E-state index contributed by atoms with van der Waals surface area (Å²) in [7, 11) is 1.53. The first-order chi connectivity index (χ1) is 12.8. The zero-order valence-electron chi connectivity index (χ0n) is 14.4. The molecule has 1 N–H and O–H groups in total. The van der Waals surface area contributed by atoms with Gasteiger partial charge in [0.1, 0.15) is 11.3 Å². The lowest BCUT2D eigenvalue weighted by atomic mass is 10.1. The molecule has 0 saturated carbocycles. The van der Waals surface area contributed by atoms with Gasteiger partial charge in [0, 0.05) is 8.59 Å². The number of barbiturate groups is 1. The van der Waals surface area contributed by atoms with E-state index >= 15 is 0 Å². The van der Waals surface area contributed by atoms with Crippen LogP contribution in [0.15, 0.2) is 42.0 Å². The van der Waals surface area contributed by atoms with Crippen LogP contribution in [0, 0.1) is 10.5 Å². The molecule has 6 nitrogen and oxygen atoms in total. The van der Waals surface area contributed by atoms with Gasteiger partial charge in [0.05, 0.1) is 12.8 Å². The Morgan fingerprint density at radius 3 is 2.63 bits per heavy atom. The summed E-state index contributed by atoms with van der Waals surface area (Å²) >= 11 is 8.22. The van der Waals surface area contributed by atoms with Crippen molar-refractivity contribution in [3.8, 4) is 5.75 Å². The van der Waals surface area contributed by atoms with Gasteiger partial charge in [-0.05, 0) is 77.0 Å². The Morgan fingerprint density at radius 2 is 1.93 bits per heavy atom. The van der Waals surface area contributed by atoms with Gasteiger partial charge in [-0.1, -0.05) is 17.7 Å². The van der Waals surface area contributed by atoms with E-state index in [4.69, 9.17) is 16.3 Å². The largest absolute Gasteiger partial charge is 0.497 e. The molecule has 138 valence electrons. The van der Waals surface area contributed by atoms with Crippen molar-refractivity contribution in [3.63, 3.8) is 0 Å². The van der Waals surface area contributed by atoms with E-state index in [1.807, 2.05) is 6.07 Å². The molecule has 0 radical (unpaired) electrons. The summed E-state index contributed by atoms with van der Waals surface area (Å²) < 4.78 is 6.09. The molecule has 1 heterocycles. The van der Waals surface area contributed by atoms with Gasteiger partial charge in [0.2, 0.25) is 0 Å². The third kappa shape index (κ3) is 3.84. The number of amides is 4. The highest BCUT2D eigenvalue weighted by atomic mass is 127. The maximum absolute atomic E-state index is 13.0. The smallest absolute Gasteiger partial charge is 0.335 e. The minimum absolute atomic E-state index is 0.155. The molecular weight excluding hydrogens is 483 g/mol. The Labute approximate surface area is 174 Å². The van der Waals surface area contributed by atoms with E-state index in [9.17, 15) is 14.4 Å². The van der Waals surface area contributed by atoms with E-state index in [1.54, 1.807) is 37.3 Å². The van der Waals surface area contributed by atoms with Crippen LogP contribution in [0.4, 0.5) is 10.5 Å². The monoisotopic (exact) mass is 496 g/mol. The predicted octanol–water partition coefficient (Wildman–Crippen LogP) is 3.93. The summed E-state index contributed by atoms with van der Waals surface area (Å²) in [4.78, 5) is 38.5. The van der Waals surface area contributed by atoms with Gasteiger partial charge >= 0.3 is 6.03 Å². The molecule has 4 amide bonds.